The highest BCUT2D eigenvalue weighted by Crippen LogP contribution is 2.40. The van der Waals surface area contributed by atoms with Crippen LogP contribution in [0.5, 0.6) is 0 Å². The number of amides is 1. The molecule has 2 aliphatic rings. The number of piperidine rings is 2. The third-order valence-corrected chi connectivity index (χ3v) is 6.20. The van der Waals surface area contributed by atoms with Crippen molar-refractivity contribution in [2.24, 2.45) is 5.41 Å². The minimum Gasteiger partial charge on any atom is -0.377 e. The van der Waals surface area contributed by atoms with Crippen molar-refractivity contribution >= 4 is 5.91 Å². The van der Waals surface area contributed by atoms with Gasteiger partial charge in [0.15, 0.2) is 5.82 Å². The Kier molecular flexibility index (Phi) is 6.16. The number of aromatic nitrogens is 3. The van der Waals surface area contributed by atoms with Crippen LogP contribution in [0, 0.1) is 5.41 Å². The molecule has 1 amide bonds. The van der Waals surface area contributed by atoms with Crippen LogP contribution in [0.15, 0.2) is 36.9 Å². The molecule has 2 aromatic rings. The molecule has 0 radical (unpaired) electrons. The number of ether oxygens (including phenoxy) is 1. The van der Waals surface area contributed by atoms with Crippen LogP contribution in [0.2, 0.25) is 0 Å². The van der Waals surface area contributed by atoms with Crippen molar-refractivity contribution in [3.63, 3.8) is 0 Å². The van der Waals surface area contributed by atoms with Crippen molar-refractivity contribution in [3.05, 3.63) is 53.9 Å². The van der Waals surface area contributed by atoms with Crippen LogP contribution in [0.1, 0.15) is 42.6 Å². The van der Waals surface area contributed by atoms with E-state index in [1.165, 1.54) is 0 Å². The molecule has 0 unspecified atom stereocenters. The summed E-state index contributed by atoms with van der Waals surface area (Å²) in [5.41, 5.74) is 2.50. The van der Waals surface area contributed by atoms with Gasteiger partial charge in [-0.05, 0) is 49.4 Å². The van der Waals surface area contributed by atoms with Crippen LogP contribution >= 0.6 is 0 Å². The third kappa shape index (κ3) is 4.97. The maximum absolute atomic E-state index is 12.5. The van der Waals surface area contributed by atoms with E-state index in [2.05, 4.69) is 19.9 Å². The van der Waals surface area contributed by atoms with Gasteiger partial charge in [-0.3, -0.25) is 14.7 Å². The van der Waals surface area contributed by atoms with Gasteiger partial charge in [-0.15, -0.1) is 0 Å². The molecule has 29 heavy (non-hydrogen) atoms. The zero-order valence-corrected chi connectivity index (χ0v) is 17.1. The number of carbonyl (C=O) groups is 1. The van der Waals surface area contributed by atoms with Crippen LogP contribution in [-0.4, -0.2) is 57.4 Å². The lowest BCUT2D eigenvalue weighted by molar-refractivity contribution is -0.140. The Morgan fingerprint density at radius 2 is 1.86 bits per heavy atom. The number of pyridine rings is 1. The Balaban J connectivity index is 1.32. The molecule has 0 N–H and O–H groups in total. The maximum Gasteiger partial charge on any atom is 0.222 e. The van der Waals surface area contributed by atoms with Gasteiger partial charge >= 0.3 is 0 Å². The van der Waals surface area contributed by atoms with Crippen molar-refractivity contribution in [3.8, 4) is 0 Å². The van der Waals surface area contributed by atoms with Crippen molar-refractivity contribution in [2.75, 3.05) is 26.7 Å². The fourth-order valence-electron chi connectivity index (χ4n) is 4.48. The van der Waals surface area contributed by atoms with Crippen LogP contribution in [-0.2, 0) is 29.2 Å². The van der Waals surface area contributed by atoms with E-state index in [9.17, 15) is 4.79 Å². The second-order valence-electron chi connectivity index (χ2n) is 8.33. The Morgan fingerprint density at radius 3 is 2.55 bits per heavy atom. The van der Waals surface area contributed by atoms with Crippen LogP contribution in [0.25, 0.3) is 0 Å². The first-order chi connectivity index (χ1) is 14.2. The fraction of sp³-hybridized carbons (Fsp3) is 0.545. The van der Waals surface area contributed by atoms with Crippen molar-refractivity contribution in [2.45, 2.75) is 45.4 Å². The lowest BCUT2D eigenvalue weighted by Crippen LogP contribution is -2.51. The molecule has 4 rings (SSSR count). The van der Waals surface area contributed by atoms with Gasteiger partial charge in [0, 0.05) is 63.5 Å². The molecular weight excluding hydrogens is 366 g/mol. The molecule has 2 aromatic heterocycles. The standard InChI is InChI=1S/C22H29N5O2/c1-29-16-20-24-12-19(13-25-20)14-26-9-6-22(7-10-26)5-4-21(28)27(17-22)15-18-3-2-8-23-11-18/h2-3,8,11-13H,4-7,9-10,14-17H2,1H3. The molecule has 2 fully saturated rings. The SMILES string of the molecule is COCc1ncc(CN2CCC3(CCC(=O)N(Cc4cccnc4)C3)CC2)cn1. The first-order valence-corrected chi connectivity index (χ1v) is 10.3. The van der Waals surface area contributed by atoms with E-state index in [4.69, 9.17) is 4.74 Å². The summed E-state index contributed by atoms with van der Waals surface area (Å²) < 4.78 is 5.07. The average molecular weight is 396 g/mol. The largest absolute Gasteiger partial charge is 0.377 e. The minimum absolute atomic E-state index is 0.255. The van der Waals surface area contributed by atoms with E-state index in [1.807, 2.05) is 35.6 Å². The predicted molar refractivity (Wildman–Crippen MR) is 109 cm³/mol. The number of methoxy groups -OCH3 is 1. The highest BCUT2D eigenvalue weighted by Gasteiger charge is 2.40. The number of hydrogen-bond donors (Lipinski definition) is 0. The quantitative estimate of drug-likeness (QED) is 0.748. The molecule has 7 nitrogen and oxygen atoms in total. The van der Waals surface area contributed by atoms with Gasteiger partial charge in [0.2, 0.25) is 5.91 Å². The van der Waals surface area contributed by atoms with Crippen molar-refractivity contribution in [1.29, 1.82) is 0 Å². The summed E-state index contributed by atoms with van der Waals surface area (Å²) >= 11 is 0. The van der Waals surface area contributed by atoms with Gasteiger partial charge in [-0.1, -0.05) is 6.07 Å². The molecule has 0 aromatic carbocycles. The minimum atomic E-state index is 0.255. The smallest absolute Gasteiger partial charge is 0.222 e. The average Bonchev–Trinajstić information content (AvgIpc) is 2.75. The van der Waals surface area contributed by atoms with Crippen molar-refractivity contribution in [1.82, 2.24) is 24.8 Å². The maximum atomic E-state index is 12.5. The predicted octanol–water partition coefficient (Wildman–Crippen LogP) is 2.42. The second-order valence-corrected chi connectivity index (χ2v) is 8.33. The van der Waals surface area contributed by atoms with Gasteiger partial charge in [0.1, 0.15) is 6.61 Å². The molecule has 2 saturated heterocycles. The lowest BCUT2D eigenvalue weighted by Gasteiger charge is -2.47. The van der Waals surface area contributed by atoms with E-state index in [-0.39, 0.29) is 11.3 Å². The second kappa shape index (κ2) is 8.97. The van der Waals surface area contributed by atoms with E-state index >= 15 is 0 Å². The van der Waals surface area contributed by atoms with E-state index < -0.39 is 0 Å². The number of carbonyl (C=O) groups excluding carboxylic acids is 1. The molecule has 0 saturated carbocycles. The Bertz CT molecular complexity index is 804. The Hall–Kier alpha value is -2.38. The lowest BCUT2D eigenvalue weighted by atomic mass is 9.72. The van der Waals surface area contributed by atoms with Gasteiger partial charge in [0.25, 0.3) is 0 Å². The molecule has 0 bridgehead atoms. The summed E-state index contributed by atoms with van der Waals surface area (Å²) in [4.78, 5) is 29.9. The van der Waals surface area contributed by atoms with Gasteiger partial charge in [-0.2, -0.15) is 0 Å². The number of nitrogens with zero attached hydrogens (tertiary/aromatic N) is 5. The topological polar surface area (TPSA) is 71.5 Å². The summed E-state index contributed by atoms with van der Waals surface area (Å²) in [6, 6.07) is 3.98. The fourth-order valence-corrected chi connectivity index (χ4v) is 4.48. The van der Waals surface area contributed by atoms with Crippen LogP contribution in [0.3, 0.4) is 0 Å². The first-order valence-electron chi connectivity index (χ1n) is 10.3. The molecule has 154 valence electrons. The third-order valence-electron chi connectivity index (χ3n) is 6.20. The molecule has 0 aliphatic carbocycles. The summed E-state index contributed by atoms with van der Waals surface area (Å²) in [5, 5.41) is 0. The van der Waals surface area contributed by atoms with Gasteiger partial charge < -0.3 is 9.64 Å². The normalized spacial score (nSPS) is 19.6. The molecule has 0 atom stereocenters. The first kappa shape index (κ1) is 19.9. The van der Waals surface area contributed by atoms with Crippen LogP contribution in [0.4, 0.5) is 0 Å². The van der Waals surface area contributed by atoms with Gasteiger partial charge in [-0.25, -0.2) is 9.97 Å². The molecule has 7 heteroatoms. The Labute approximate surface area is 172 Å². The number of likely N-dealkylation sites (tertiary alicyclic amines) is 2. The molecule has 2 aliphatic heterocycles. The van der Waals surface area contributed by atoms with Crippen molar-refractivity contribution < 1.29 is 9.53 Å². The molecule has 4 heterocycles. The zero-order chi connectivity index (χ0) is 20.1. The summed E-state index contributed by atoms with van der Waals surface area (Å²) in [6.45, 7) is 4.96. The highest BCUT2D eigenvalue weighted by molar-refractivity contribution is 5.77. The van der Waals surface area contributed by atoms with E-state index in [0.717, 1.165) is 62.4 Å². The van der Waals surface area contributed by atoms with E-state index in [1.54, 1.807) is 13.3 Å². The van der Waals surface area contributed by atoms with E-state index in [0.29, 0.717) is 19.6 Å². The number of rotatable bonds is 6. The van der Waals surface area contributed by atoms with Gasteiger partial charge in [0.05, 0.1) is 0 Å². The zero-order valence-electron chi connectivity index (χ0n) is 17.1. The summed E-state index contributed by atoms with van der Waals surface area (Å²) in [6.07, 6.45) is 11.4. The Morgan fingerprint density at radius 1 is 1.07 bits per heavy atom. The summed E-state index contributed by atoms with van der Waals surface area (Å²) in [7, 11) is 1.65. The molecular formula is C22H29N5O2. The summed E-state index contributed by atoms with van der Waals surface area (Å²) in [5.74, 6) is 0.990. The number of hydrogen-bond acceptors (Lipinski definition) is 6. The molecule has 1 spiro atoms. The highest BCUT2D eigenvalue weighted by atomic mass is 16.5. The van der Waals surface area contributed by atoms with Crippen LogP contribution < -0.4 is 0 Å². The monoisotopic (exact) mass is 395 g/mol.